The molecule has 78 valence electrons. The minimum absolute atomic E-state index is 0.583. The second kappa shape index (κ2) is 3.61. The summed E-state index contributed by atoms with van der Waals surface area (Å²) in [6, 6.07) is 1.75. The van der Waals surface area contributed by atoms with E-state index in [1.54, 1.807) is 30.3 Å². The molecule has 2 aromatic rings. The van der Waals surface area contributed by atoms with E-state index in [0.717, 1.165) is 11.3 Å². The van der Waals surface area contributed by atoms with Crippen LogP contribution in [0.25, 0.3) is 11.3 Å². The molecule has 0 aliphatic carbocycles. The third-order valence-corrected chi connectivity index (χ3v) is 2.07. The van der Waals surface area contributed by atoms with E-state index in [0.29, 0.717) is 11.4 Å². The average molecular weight is 204 g/mol. The van der Waals surface area contributed by atoms with Gasteiger partial charge in [0.25, 0.3) is 0 Å². The number of nitrogens with two attached hydrogens (primary N) is 1. The number of aromatic nitrogens is 3. The van der Waals surface area contributed by atoms with Crippen molar-refractivity contribution in [3.05, 3.63) is 24.7 Å². The van der Waals surface area contributed by atoms with Crippen molar-refractivity contribution in [2.24, 2.45) is 7.05 Å². The quantitative estimate of drug-likeness (QED) is 0.794. The lowest BCUT2D eigenvalue weighted by atomic mass is 10.2. The van der Waals surface area contributed by atoms with Gasteiger partial charge in [0.2, 0.25) is 0 Å². The molecule has 15 heavy (non-hydrogen) atoms. The van der Waals surface area contributed by atoms with Crippen molar-refractivity contribution in [3.8, 4) is 17.0 Å². The van der Waals surface area contributed by atoms with Crippen LogP contribution in [0.2, 0.25) is 0 Å². The van der Waals surface area contributed by atoms with Crippen LogP contribution in [0.5, 0.6) is 5.75 Å². The summed E-state index contributed by atoms with van der Waals surface area (Å²) in [4.78, 5) is 4.23. The minimum Gasteiger partial charge on any atom is -0.494 e. The van der Waals surface area contributed by atoms with Crippen molar-refractivity contribution in [1.29, 1.82) is 0 Å². The van der Waals surface area contributed by atoms with Gasteiger partial charge in [0.1, 0.15) is 11.4 Å². The van der Waals surface area contributed by atoms with Gasteiger partial charge in [-0.3, -0.25) is 9.67 Å². The van der Waals surface area contributed by atoms with E-state index in [1.165, 1.54) is 0 Å². The van der Waals surface area contributed by atoms with E-state index in [4.69, 9.17) is 10.5 Å². The predicted octanol–water partition coefficient (Wildman–Crippen LogP) is 1.07. The molecular weight excluding hydrogens is 192 g/mol. The van der Waals surface area contributed by atoms with E-state index < -0.39 is 0 Å². The fourth-order valence-corrected chi connectivity index (χ4v) is 1.38. The second-order valence-electron chi connectivity index (χ2n) is 3.22. The summed E-state index contributed by atoms with van der Waals surface area (Å²) >= 11 is 0. The SMILES string of the molecule is COc1cc(N)cnc1-c1cnn(C)c1. The van der Waals surface area contributed by atoms with Gasteiger partial charge in [0, 0.05) is 24.9 Å². The number of ether oxygens (including phenoxy) is 1. The first-order valence-corrected chi connectivity index (χ1v) is 4.49. The number of nitrogens with zero attached hydrogens (tertiary/aromatic N) is 3. The number of anilines is 1. The Bertz CT molecular complexity index is 478. The van der Waals surface area contributed by atoms with Crippen LogP contribution in [0.15, 0.2) is 24.7 Å². The molecule has 0 aliphatic rings. The first-order chi connectivity index (χ1) is 7.20. The maximum absolute atomic E-state index is 5.62. The molecule has 5 heteroatoms. The Morgan fingerprint density at radius 2 is 2.20 bits per heavy atom. The van der Waals surface area contributed by atoms with E-state index in [-0.39, 0.29) is 0 Å². The molecule has 2 heterocycles. The second-order valence-corrected chi connectivity index (χ2v) is 3.22. The van der Waals surface area contributed by atoms with E-state index in [1.807, 2.05) is 13.2 Å². The van der Waals surface area contributed by atoms with Crippen LogP contribution in [0.1, 0.15) is 0 Å². The lowest BCUT2D eigenvalue weighted by Crippen LogP contribution is -1.94. The van der Waals surface area contributed by atoms with Gasteiger partial charge in [-0.1, -0.05) is 0 Å². The Morgan fingerprint density at radius 3 is 2.80 bits per heavy atom. The molecule has 0 aliphatic heterocycles. The number of pyridine rings is 1. The van der Waals surface area contributed by atoms with E-state index in [2.05, 4.69) is 10.1 Å². The van der Waals surface area contributed by atoms with Gasteiger partial charge in [0.05, 0.1) is 25.2 Å². The standard InChI is InChI=1S/C10H12N4O/c1-14-6-7(4-13-14)10-9(15-2)3-8(11)5-12-10/h3-6H,11H2,1-2H3. The molecule has 0 atom stereocenters. The van der Waals surface area contributed by atoms with Crippen molar-refractivity contribution in [1.82, 2.24) is 14.8 Å². The monoisotopic (exact) mass is 204 g/mol. The zero-order chi connectivity index (χ0) is 10.8. The fraction of sp³-hybridized carbons (Fsp3) is 0.200. The van der Waals surface area contributed by atoms with Crippen LogP contribution >= 0.6 is 0 Å². The molecule has 0 saturated carbocycles. The number of aryl methyl sites for hydroxylation is 1. The first-order valence-electron chi connectivity index (χ1n) is 4.49. The molecule has 0 spiro atoms. The molecule has 5 nitrogen and oxygen atoms in total. The number of hydrogen-bond acceptors (Lipinski definition) is 4. The highest BCUT2D eigenvalue weighted by Gasteiger charge is 2.09. The largest absolute Gasteiger partial charge is 0.494 e. The summed E-state index contributed by atoms with van der Waals surface area (Å²) in [5, 5.41) is 4.08. The van der Waals surface area contributed by atoms with Crippen LogP contribution < -0.4 is 10.5 Å². The lowest BCUT2D eigenvalue weighted by Gasteiger charge is -2.05. The van der Waals surface area contributed by atoms with Crippen LogP contribution in [0, 0.1) is 0 Å². The summed E-state index contributed by atoms with van der Waals surface area (Å²) in [5.74, 6) is 0.656. The summed E-state index contributed by atoms with van der Waals surface area (Å²) in [6.45, 7) is 0. The predicted molar refractivity (Wildman–Crippen MR) is 57.4 cm³/mol. The van der Waals surface area contributed by atoms with Gasteiger partial charge in [-0.15, -0.1) is 0 Å². The highest BCUT2D eigenvalue weighted by molar-refractivity contribution is 5.67. The van der Waals surface area contributed by atoms with Gasteiger partial charge in [-0.25, -0.2) is 0 Å². The van der Waals surface area contributed by atoms with Crippen molar-refractivity contribution in [3.63, 3.8) is 0 Å². The fourth-order valence-electron chi connectivity index (χ4n) is 1.38. The molecule has 0 fully saturated rings. The third-order valence-electron chi connectivity index (χ3n) is 2.07. The molecule has 0 bridgehead atoms. The molecule has 0 aromatic carbocycles. The molecule has 2 aromatic heterocycles. The van der Waals surface area contributed by atoms with E-state index >= 15 is 0 Å². The lowest BCUT2D eigenvalue weighted by molar-refractivity contribution is 0.415. The zero-order valence-electron chi connectivity index (χ0n) is 8.64. The van der Waals surface area contributed by atoms with Crippen LogP contribution in [0.4, 0.5) is 5.69 Å². The number of nitrogen functional groups attached to an aromatic ring is 1. The molecular formula is C10H12N4O. The third kappa shape index (κ3) is 1.76. The summed E-state index contributed by atoms with van der Waals surface area (Å²) in [6.07, 6.45) is 5.22. The summed E-state index contributed by atoms with van der Waals surface area (Å²) in [5.41, 5.74) is 7.87. The van der Waals surface area contributed by atoms with Crippen LogP contribution in [-0.4, -0.2) is 21.9 Å². The van der Waals surface area contributed by atoms with Gasteiger partial charge in [0.15, 0.2) is 0 Å². The Kier molecular flexibility index (Phi) is 2.29. The van der Waals surface area contributed by atoms with Gasteiger partial charge >= 0.3 is 0 Å². The van der Waals surface area contributed by atoms with E-state index in [9.17, 15) is 0 Å². The minimum atomic E-state index is 0.583. The van der Waals surface area contributed by atoms with Crippen molar-refractivity contribution < 1.29 is 4.74 Å². The highest BCUT2D eigenvalue weighted by Crippen LogP contribution is 2.28. The maximum atomic E-state index is 5.62. The van der Waals surface area contributed by atoms with Crippen LogP contribution in [-0.2, 0) is 7.05 Å². The molecule has 2 N–H and O–H groups in total. The summed E-state index contributed by atoms with van der Waals surface area (Å²) < 4.78 is 6.93. The average Bonchev–Trinajstić information content (AvgIpc) is 2.64. The Hall–Kier alpha value is -2.04. The molecule has 2 rings (SSSR count). The Morgan fingerprint density at radius 1 is 1.40 bits per heavy atom. The normalized spacial score (nSPS) is 10.3. The Labute approximate surface area is 87.5 Å². The van der Waals surface area contributed by atoms with Gasteiger partial charge in [-0.2, -0.15) is 5.10 Å². The van der Waals surface area contributed by atoms with Crippen molar-refractivity contribution in [2.45, 2.75) is 0 Å². The smallest absolute Gasteiger partial charge is 0.147 e. The number of rotatable bonds is 2. The summed E-state index contributed by atoms with van der Waals surface area (Å²) in [7, 11) is 3.45. The van der Waals surface area contributed by atoms with Crippen molar-refractivity contribution in [2.75, 3.05) is 12.8 Å². The van der Waals surface area contributed by atoms with Crippen molar-refractivity contribution >= 4 is 5.69 Å². The van der Waals surface area contributed by atoms with Gasteiger partial charge in [-0.05, 0) is 0 Å². The highest BCUT2D eigenvalue weighted by atomic mass is 16.5. The molecule has 0 unspecified atom stereocenters. The number of methoxy groups -OCH3 is 1. The van der Waals surface area contributed by atoms with Crippen LogP contribution in [0.3, 0.4) is 0 Å². The molecule has 0 radical (unpaired) electrons. The number of hydrogen-bond donors (Lipinski definition) is 1. The Balaban J connectivity index is 2.52. The zero-order valence-corrected chi connectivity index (χ0v) is 8.64. The van der Waals surface area contributed by atoms with Gasteiger partial charge < -0.3 is 10.5 Å². The molecule has 0 amide bonds. The first kappa shape index (κ1) is 9.51. The maximum Gasteiger partial charge on any atom is 0.147 e. The molecule has 0 saturated heterocycles. The topological polar surface area (TPSA) is 66.0 Å².